The summed E-state index contributed by atoms with van der Waals surface area (Å²) in [5.74, 6) is 0.905. The van der Waals surface area contributed by atoms with E-state index in [0.717, 1.165) is 5.56 Å². The van der Waals surface area contributed by atoms with E-state index >= 15 is 0 Å². The van der Waals surface area contributed by atoms with Gasteiger partial charge in [0.2, 0.25) is 4.77 Å². The molecule has 0 bridgehead atoms. The summed E-state index contributed by atoms with van der Waals surface area (Å²) in [6, 6.07) is 10.0. The predicted molar refractivity (Wildman–Crippen MR) is 105 cm³/mol. The van der Waals surface area contributed by atoms with Crippen LogP contribution in [0.25, 0.3) is 11.4 Å². The first-order valence-corrected chi connectivity index (χ1v) is 8.79. The average molecular weight is 409 g/mol. The highest BCUT2D eigenvalue weighted by molar-refractivity contribution is 7.71. The van der Waals surface area contributed by atoms with E-state index in [1.54, 1.807) is 36.5 Å². The number of aromatic amines is 1. The quantitative estimate of drug-likeness (QED) is 0.464. The molecule has 134 valence electrons. The molecule has 9 heteroatoms. The van der Waals surface area contributed by atoms with Crippen LogP contribution in [0.2, 0.25) is 10.0 Å². The molecule has 0 unspecified atom stereocenters. The number of ether oxygens (including phenoxy) is 1. The zero-order valence-electron chi connectivity index (χ0n) is 13.6. The summed E-state index contributed by atoms with van der Waals surface area (Å²) in [6.45, 7) is 2.29. The fourth-order valence-corrected chi connectivity index (χ4v) is 2.92. The van der Waals surface area contributed by atoms with Gasteiger partial charge in [0.1, 0.15) is 0 Å². The van der Waals surface area contributed by atoms with Crippen LogP contribution in [0.1, 0.15) is 12.5 Å². The zero-order chi connectivity index (χ0) is 18.7. The minimum atomic E-state index is 0.0672. The molecule has 2 N–H and O–H groups in total. The SMILES string of the molecule is CCOc1cc(/C=N/n2c(-c3ccc(Cl)cc3Cl)n[nH]c2=S)ccc1O. The molecule has 0 saturated heterocycles. The molecule has 0 aliphatic rings. The van der Waals surface area contributed by atoms with Crippen molar-refractivity contribution >= 4 is 41.6 Å². The lowest BCUT2D eigenvalue weighted by molar-refractivity contribution is 0.318. The van der Waals surface area contributed by atoms with E-state index in [1.807, 2.05) is 6.92 Å². The van der Waals surface area contributed by atoms with Crippen molar-refractivity contribution in [1.29, 1.82) is 0 Å². The minimum Gasteiger partial charge on any atom is -0.504 e. The number of nitrogens with one attached hydrogen (secondary N) is 1. The summed E-state index contributed by atoms with van der Waals surface area (Å²) in [6.07, 6.45) is 1.58. The lowest BCUT2D eigenvalue weighted by Crippen LogP contribution is -1.97. The van der Waals surface area contributed by atoms with E-state index in [9.17, 15) is 5.11 Å². The van der Waals surface area contributed by atoms with E-state index in [2.05, 4.69) is 15.3 Å². The standard InChI is InChI=1S/C17H14Cl2N4O2S/c1-2-25-15-7-10(3-6-14(15)24)9-20-23-16(21-22-17(23)26)12-5-4-11(18)8-13(12)19/h3-9,24H,2H2,1H3,(H,22,26)/b20-9+. The van der Waals surface area contributed by atoms with Gasteiger partial charge >= 0.3 is 0 Å². The van der Waals surface area contributed by atoms with E-state index in [4.69, 9.17) is 40.2 Å². The van der Waals surface area contributed by atoms with Crippen LogP contribution in [0.5, 0.6) is 11.5 Å². The number of nitrogens with zero attached hydrogens (tertiary/aromatic N) is 3. The fourth-order valence-electron chi connectivity index (χ4n) is 2.25. The molecule has 0 aliphatic heterocycles. The van der Waals surface area contributed by atoms with Gasteiger partial charge < -0.3 is 9.84 Å². The highest BCUT2D eigenvalue weighted by Crippen LogP contribution is 2.29. The van der Waals surface area contributed by atoms with E-state index in [-0.39, 0.29) is 5.75 Å². The molecule has 0 spiro atoms. The Morgan fingerprint density at radius 2 is 2.12 bits per heavy atom. The van der Waals surface area contributed by atoms with Crippen molar-refractivity contribution in [3.8, 4) is 22.9 Å². The van der Waals surface area contributed by atoms with Gasteiger partial charge in [0.25, 0.3) is 0 Å². The maximum Gasteiger partial charge on any atom is 0.216 e. The van der Waals surface area contributed by atoms with Gasteiger partial charge in [-0.05, 0) is 61.1 Å². The first-order chi connectivity index (χ1) is 12.5. The van der Waals surface area contributed by atoms with Crippen LogP contribution in [-0.2, 0) is 0 Å². The van der Waals surface area contributed by atoms with E-state index in [1.165, 1.54) is 10.7 Å². The molecule has 0 aliphatic carbocycles. The number of H-pyrrole nitrogens is 1. The summed E-state index contributed by atoms with van der Waals surface area (Å²) in [5, 5.41) is 22.0. The van der Waals surface area contributed by atoms with E-state index in [0.29, 0.717) is 38.6 Å². The van der Waals surface area contributed by atoms with Crippen LogP contribution in [0.4, 0.5) is 0 Å². The monoisotopic (exact) mass is 408 g/mol. The van der Waals surface area contributed by atoms with Crippen LogP contribution < -0.4 is 4.74 Å². The Balaban J connectivity index is 1.99. The van der Waals surface area contributed by atoms with Gasteiger partial charge in [-0.2, -0.15) is 14.9 Å². The van der Waals surface area contributed by atoms with Crippen molar-refractivity contribution in [2.45, 2.75) is 6.92 Å². The van der Waals surface area contributed by atoms with Crippen LogP contribution in [-0.4, -0.2) is 32.8 Å². The van der Waals surface area contributed by atoms with Crippen LogP contribution >= 0.6 is 35.4 Å². The Bertz CT molecular complexity index is 1030. The van der Waals surface area contributed by atoms with Crippen molar-refractivity contribution in [3.63, 3.8) is 0 Å². The van der Waals surface area contributed by atoms with Crippen molar-refractivity contribution in [1.82, 2.24) is 14.9 Å². The Hall–Kier alpha value is -2.35. The highest BCUT2D eigenvalue weighted by atomic mass is 35.5. The molecule has 6 nitrogen and oxygen atoms in total. The van der Waals surface area contributed by atoms with Crippen LogP contribution in [0.15, 0.2) is 41.5 Å². The van der Waals surface area contributed by atoms with Gasteiger partial charge in [0.05, 0.1) is 17.8 Å². The Kier molecular flexibility index (Phi) is 5.61. The van der Waals surface area contributed by atoms with Crippen molar-refractivity contribution in [3.05, 3.63) is 56.8 Å². The van der Waals surface area contributed by atoms with Gasteiger partial charge in [-0.15, -0.1) is 0 Å². The lowest BCUT2D eigenvalue weighted by atomic mass is 10.2. The third-order valence-corrected chi connectivity index (χ3v) is 4.24. The zero-order valence-corrected chi connectivity index (χ0v) is 15.9. The number of benzene rings is 2. The third kappa shape index (κ3) is 3.90. The first kappa shape index (κ1) is 18.4. The summed E-state index contributed by atoms with van der Waals surface area (Å²) < 4.78 is 7.14. The van der Waals surface area contributed by atoms with Gasteiger partial charge in [0, 0.05) is 10.6 Å². The second-order valence-corrected chi connectivity index (χ2v) is 6.42. The molecule has 1 heterocycles. The maximum atomic E-state index is 9.78. The Morgan fingerprint density at radius 1 is 1.31 bits per heavy atom. The molecule has 0 radical (unpaired) electrons. The predicted octanol–water partition coefficient (Wildman–Crippen LogP) is 4.90. The number of hydrogen-bond donors (Lipinski definition) is 2. The lowest BCUT2D eigenvalue weighted by Gasteiger charge is -2.06. The highest BCUT2D eigenvalue weighted by Gasteiger charge is 2.12. The summed E-state index contributed by atoms with van der Waals surface area (Å²) in [5.41, 5.74) is 1.36. The summed E-state index contributed by atoms with van der Waals surface area (Å²) >= 11 is 17.4. The third-order valence-electron chi connectivity index (χ3n) is 3.43. The maximum absolute atomic E-state index is 9.78. The molecule has 0 saturated carbocycles. The molecular formula is C17H14Cl2N4O2S. The molecular weight excluding hydrogens is 395 g/mol. The molecule has 0 amide bonds. The molecule has 1 aromatic heterocycles. The normalized spacial score (nSPS) is 11.2. The number of rotatable bonds is 5. The van der Waals surface area contributed by atoms with Gasteiger partial charge in [-0.25, -0.2) is 5.10 Å². The molecule has 3 aromatic rings. The average Bonchev–Trinajstić information content (AvgIpc) is 2.96. The number of halogens is 2. The van der Waals surface area contributed by atoms with Crippen molar-refractivity contribution < 1.29 is 9.84 Å². The second kappa shape index (κ2) is 7.90. The fraction of sp³-hybridized carbons (Fsp3) is 0.118. The molecule has 0 atom stereocenters. The van der Waals surface area contributed by atoms with Gasteiger partial charge in [-0.3, -0.25) is 0 Å². The first-order valence-electron chi connectivity index (χ1n) is 7.62. The van der Waals surface area contributed by atoms with Crippen molar-refractivity contribution in [2.75, 3.05) is 6.61 Å². The number of phenols is 1. The minimum absolute atomic E-state index is 0.0672. The van der Waals surface area contributed by atoms with Gasteiger partial charge in [0.15, 0.2) is 17.3 Å². The van der Waals surface area contributed by atoms with Crippen LogP contribution in [0, 0.1) is 4.77 Å². The Labute approximate surface area is 164 Å². The number of hydrogen-bond acceptors (Lipinski definition) is 5. The largest absolute Gasteiger partial charge is 0.504 e. The second-order valence-electron chi connectivity index (χ2n) is 5.19. The van der Waals surface area contributed by atoms with E-state index < -0.39 is 0 Å². The number of aromatic nitrogens is 3. The summed E-state index contributed by atoms with van der Waals surface area (Å²) in [7, 11) is 0. The Morgan fingerprint density at radius 3 is 2.85 bits per heavy atom. The summed E-state index contributed by atoms with van der Waals surface area (Å²) in [4.78, 5) is 0. The molecule has 26 heavy (non-hydrogen) atoms. The molecule has 3 rings (SSSR count). The smallest absolute Gasteiger partial charge is 0.216 e. The molecule has 0 fully saturated rings. The van der Waals surface area contributed by atoms with Gasteiger partial charge in [-0.1, -0.05) is 23.2 Å². The number of aromatic hydroxyl groups is 1. The van der Waals surface area contributed by atoms with Crippen molar-refractivity contribution in [2.24, 2.45) is 5.10 Å². The topological polar surface area (TPSA) is 75.4 Å². The number of phenolic OH excluding ortho intramolecular Hbond substituents is 1. The molecule has 2 aromatic carbocycles. The van der Waals surface area contributed by atoms with Crippen LogP contribution in [0.3, 0.4) is 0 Å².